The van der Waals surface area contributed by atoms with Crippen molar-refractivity contribution in [1.82, 2.24) is 0 Å². The Bertz CT molecular complexity index is 650. The Morgan fingerprint density at radius 2 is 1.36 bits per heavy atom. The molecule has 0 N–H and O–H groups in total. The molecule has 2 aromatic carbocycles. The number of ether oxygens (including phenoxy) is 4. The molecule has 0 spiro atoms. The lowest BCUT2D eigenvalue weighted by molar-refractivity contribution is 0.277. The van der Waals surface area contributed by atoms with E-state index in [0.29, 0.717) is 6.61 Å². The van der Waals surface area contributed by atoms with Gasteiger partial charge in [-0.25, -0.2) is 0 Å². The van der Waals surface area contributed by atoms with E-state index in [0.717, 1.165) is 34.1 Å². The average molecular weight is 302 g/mol. The third-order valence-electron chi connectivity index (χ3n) is 3.65. The van der Waals surface area contributed by atoms with Crippen molar-refractivity contribution in [3.63, 3.8) is 0 Å². The molecule has 0 aromatic heterocycles. The standard InChI is InChI=1S/C18H22O4/c1-12-8-17(21-5)18(9-13(12)2)22-11-14-10-15(19-3)6-7-16(14)20-4/h6-10H,11H2,1-5H3. The minimum atomic E-state index is 0.374. The van der Waals surface area contributed by atoms with Crippen LogP contribution in [0.3, 0.4) is 0 Å². The van der Waals surface area contributed by atoms with Gasteiger partial charge in [-0.3, -0.25) is 0 Å². The van der Waals surface area contributed by atoms with Crippen LogP contribution in [-0.4, -0.2) is 21.3 Å². The van der Waals surface area contributed by atoms with Crippen molar-refractivity contribution in [3.8, 4) is 23.0 Å². The molecule has 118 valence electrons. The predicted octanol–water partition coefficient (Wildman–Crippen LogP) is 3.91. The molecule has 0 aliphatic carbocycles. The van der Waals surface area contributed by atoms with E-state index in [9.17, 15) is 0 Å². The van der Waals surface area contributed by atoms with Crippen LogP contribution in [0.5, 0.6) is 23.0 Å². The Morgan fingerprint density at radius 1 is 0.727 bits per heavy atom. The Kier molecular flexibility index (Phi) is 5.15. The van der Waals surface area contributed by atoms with Gasteiger partial charge >= 0.3 is 0 Å². The summed E-state index contributed by atoms with van der Waals surface area (Å²) in [5, 5.41) is 0. The molecular weight excluding hydrogens is 280 g/mol. The molecule has 0 saturated carbocycles. The van der Waals surface area contributed by atoms with Crippen LogP contribution in [0.2, 0.25) is 0 Å². The van der Waals surface area contributed by atoms with Gasteiger partial charge in [0.2, 0.25) is 0 Å². The number of benzene rings is 2. The second-order valence-corrected chi connectivity index (χ2v) is 5.05. The van der Waals surface area contributed by atoms with Crippen molar-refractivity contribution in [1.29, 1.82) is 0 Å². The highest BCUT2D eigenvalue weighted by Gasteiger charge is 2.10. The van der Waals surface area contributed by atoms with Crippen LogP contribution in [0, 0.1) is 13.8 Å². The molecule has 0 aliphatic rings. The molecule has 4 nitrogen and oxygen atoms in total. The van der Waals surface area contributed by atoms with Crippen molar-refractivity contribution < 1.29 is 18.9 Å². The first-order valence-corrected chi connectivity index (χ1v) is 7.08. The number of hydrogen-bond donors (Lipinski definition) is 0. The summed E-state index contributed by atoms with van der Waals surface area (Å²) in [6, 6.07) is 9.61. The monoisotopic (exact) mass is 302 g/mol. The van der Waals surface area contributed by atoms with Gasteiger partial charge in [-0.1, -0.05) is 0 Å². The average Bonchev–Trinajstić information content (AvgIpc) is 2.55. The third-order valence-corrected chi connectivity index (χ3v) is 3.65. The molecule has 0 fully saturated rings. The Morgan fingerprint density at radius 3 is 1.95 bits per heavy atom. The van der Waals surface area contributed by atoms with Crippen LogP contribution in [0.25, 0.3) is 0 Å². The first kappa shape index (κ1) is 16.0. The zero-order valence-electron chi connectivity index (χ0n) is 13.7. The van der Waals surface area contributed by atoms with Crippen molar-refractivity contribution in [2.75, 3.05) is 21.3 Å². The van der Waals surface area contributed by atoms with E-state index in [2.05, 4.69) is 0 Å². The Labute approximate surface area is 131 Å². The van der Waals surface area contributed by atoms with E-state index >= 15 is 0 Å². The third kappa shape index (κ3) is 3.45. The van der Waals surface area contributed by atoms with Gasteiger partial charge < -0.3 is 18.9 Å². The molecule has 0 radical (unpaired) electrons. The second kappa shape index (κ2) is 7.07. The molecule has 0 atom stereocenters. The number of hydrogen-bond acceptors (Lipinski definition) is 4. The summed E-state index contributed by atoms with van der Waals surface area (Å²) in [5.41, 5.74) is 3.25. The zero-order chi connectivity index (χ0) is 16.1. The van der Waals surface area contributed by atoms with Gasteiger partial charge in [-0.2, -0.15) is 0 Å². The van der Waals surface area contributed by atoms with Crippen molar-refractivity contribution in [2.24, 2.45) is 0 Å². The first-order chi connectivity index (χ1) is 10.6. The van der Waals surface area contributed by atoms with Gasteiger partial charge in [0.1, 0.15) is 18.1 Å². The van der Waals surface area contributed by atoms with Crippen LogP contribution in [0.15, 0.2) is 30.3 Å². The van der Waals surface area contributed by atoms with Crippen LogP contribution < -0.4 is 18.9 Å². The number of aryl methyl sites for hydroxylation is 2. The lowest BCUT2D eigenvalue weighted by Gasteiger charge is -2.15. The van der Waals surface area contributed by atoms with Crippen molar-refractivity contribution in [3.05, 3.63) is 47.0 Å². The number of methoxy groups -OCH3 is 3. The number of rotatable bonds is 6. The molecule has 22 heavy (non-hydrogen) atoms. The van der Waals surface area contributed by atoms with E-state index in [1.807, 2.05) is 44.2 Å². The van der Waals surface area contributed by atoms with Gasteiger partial charge in [0, 0.05) is 5.56 Å². The van der Waals surface area contributed by atoms with Gasteiger partial charge in [-0.05, 0) is 55.3 Å². The fourth-order valence-corrected chi connectivity index (χ4v) is 2.19. The van der Waals surface area contributed by atoms with Gasteiger partial charge in [0.15, 0.2) is 11.5 Å². The maximum Gasteiger partial charge on any atom is 0.161 e. The Balaban J connectivity index is 2.24. The van der Waals surface area contributed by atoms with Crippen LogP contribution in [-0.2, 0) is 6.61 Å². The minimum Gasteiger partial charge on any atom is -0.497 e. The molecule has 0 bridgehead atoms. The van der Waals surface area contributed by atoms with E-state index < -0.39 is 0 Å². The molecule has 4 heteroatoms. The fourth-order valence-electron chi connectivity index (χ4n) is 2.19. The molecule has 2 rings (SSSR count). The largest absolute Gasteiger partial charge is 0.497 e. The summed E-state index contributed by atoms with van der Waals surface area (Å²) < 4.78 is 21.9. The summed E-state index contributed by atoms with van der Waals surface area (Å²) in [4.78, 5) is 0. The lowest BCUT2D eigenvalue weighted by Crippen LogP contribution is -2.01. The highest BCUT2D eigenvalue weighted by atomic mass is 16.5. The smallest absolute Gasteiger partial charge is 0.161 e. The SMILES string of the molecule is COc1ccc(OC)c(COc2cc(C)c(C)cc2OC)c1. The second-order valence-electron chi connectivity index (χ2n) is 5.05. The van der Waals surface area contributed by atoms with Crippen LogP contribution in [0.4, 0.5) is 0 Å². The van der Waals surface area contributed by atoms with Crippen LogP contribution in [0.1, 0.15) is 16.7 Å². The van der Waals surface area contributed by atoms with E-state index in [1.54, 1.807) is 21.3 Å². The maximum absolute atomic E-state index is 5.93. The topological polar surface area (TPSA) is 36.9 Å². The van der Waals surface area contributed by atoms with Gasteiger partial charge in [-0.15, -0.1) is 0 Å². The quantitative estimate of drug-likeness (QED) is 0.810. The van der Waals surface area contributed by atoms with Crippen molar-refractivity contribution >= 4 is 0 Å². The molecule has 0 amide bonds. The predicted molar refractivity (Wildman–Crippen MR) is 86.3 cm³/mol. The minimum absolute atomic E-state index is 0.374. The molecule has 0 unspecified atom stereocenters. The van der Waals surface area contributed by atoms with Gasteiger partial charge in [0.25, 0.3) is 0 Å². The van der Waals surface area contributed by atoms with Gasteiger partial charge in [0.05, 0.1) is 21.3 Å². The first-order valence-electron chi connectivity index (χ1n) is 7.08. The Hall–Kier alpha value is -2.36. The fraction of sp³-hybridized carbons (Fsp3) is 0.333. The molecule has 0 saturated heterocycles. The van der Waals surface area contributed by atoms with Crippen LogP contribution >= 0.6 is 0 Å². The summed E-state index contributed by atoms with van der Waals surface area (Å²) in [6.45, 7) is 4.47. The van der Waals surface area contributed by atoms with Crippen molar-refractivity contribution in [2.45, 2.75) is 20.5 Å². The normalized spacial score (nSPS) is 10.2. The van der Waals surface area contributed by atoms with E-state index in [4.69, 9.17) is 18.9 Å². The summed E-state index contributed by atoms with van der Waals surface area (Å²) >= 11 is 0. The summed E-state index contributed by atoms with van der Waals surface area (Å²) in [5.74, 6) is 2.98. The highest BCUT2D eigenvalue weighted by molar-refractivity contribution is 5.47. The maximum atomic E-state index is 5.93. The van der Waals surface area contributed by atoms with E-state index in [1.165, 1.54) is 5.56 Å². The molecule has 2 aromatic rings. The molecular formula is C18H22O4. The summed E-state index contributed by atoms with van der Waals surface area (Å²) in [7, 11) is 4.92. The molecule has 0 aliphatic heterocycles. The molecule has 0 heterocycles. The highest BCUT2D eigenvalue weighted by Crippen LogP contribution is 2.32. The summed E-state index contributed by atoms with van der Waals surface area (Å²) in [6.07, 6.45) is 0. The van der Waals surface area contributed by atoms with E-state index in [-0.39, 0.29) is 0 Å². The zero-order valence-corrected chi connectivity index (χ0v) is 13.7. The lowest BCUT2D eigenvalue weighted by atomic mass is 10.1.